The van der Waals surface area contributed by atoms with Crippen LogP contribution < -0.4 is 5.32 Å². The van der Waals surface area contributed by atoms with Crippen LogP contribution >= 0.6 is 22.6 Å². The van der Waals surface area contributed by atoms with Crippen molar-refractivity contribution in [1.29, 1.82) is 0 Å². The fourth-order valence-corrected chi connectivity index (χ4v) is 3.83. The molecule has 2 aliphatic heterocycles. The molecule has 21 heavy (non-hydrogen) atoms. The molecule has 0 bridgehead atoms. The highest BCUT2D eigenvalue weighted by molar-refractivity contribution is 14.1. The van der Waals surface area contributed by atoms with E-state index in [0.29, 0.717) is 17.7 Å². The van der Waals surface area contributed by atoms with E-state index in [1.165, 1.54) is 9.13 Å². The number of rotatable bonds is 5. The minimum atomic E-state index is 0.368. The lowest BCUT2D eigenvalue weighted by atomic mass is 10.0. The summed E-state index contributed by atoms with van der Waals surface area (Å²) in [4.78, 5) is 14.3. The van der Waals surface area contributed by atoms with Crippen molar-refractivity contribution >= 4 is 28.5 Å². The summed E-state index contributed by atoms with van der Waals surface area (Å²) >= 11 is 2.33. The van der Waals surface area contributed by atoms with Crippen LogP contribution in [-0.2, 0) is 11.2 Å². The second-order valence-electron chi connectivity index (χ2n) is 6.31. The summed E-state index contributed by atoms with van der Waals surface area (Å²) in [6.07, 6.45) is 3.92. The molecule has 2 aliphatic rings. The first-order valence-electron chi connectivity index (χ1n) is 7.95. The predicted octanol–water partition coefficient (Wildman–Crippen LogP) is 2.68. The van der Waals surface area contributed by atoms with Crippen molar-refractivity contribution < 1.29 is 4.79 Å². The fraction of sp³-hybridized carbons (Fsp3) is 0.588. The number of fused-ring (bicyclic) bond motifs is 1. The molecular formula is C17H23IN2O. The van der Waals surface area contributed by atoms with Crippen LogP contribution in [0.4, 0.5) is 0 Å². The maximum Gasteiger partial charge on any atom is 0.222 e. The average Bonchev–Trinajstić information content (AvgIpc) is 3.06. The van der Waals surface area contributed by atoms with Crippen molar-refractivity contribution in [3.8, 4) is 0 Å². The van der Waals surface area contributed by atoms with Crippen molar-refractivity contribution in [3.05, 3.63) is 33.4 Å². The number of aryl methyl sites for hydroxylation is 1. The molecule has 0 aliphatic carbocycles. The molecule has 2 atom stereocenters. The van der Waals surface area contributed by atoms with Crippen molar-refractivity contribution in [3.63, 3.8) is 0 Å². The number of benzene rings is 1. The highest BCUT2D eigenvalue weighted by atomic mass is 127. The molecule has 0 aromatic heterocycles. The Morgan fingerprint density at radius 3 is 2.48 bits per heavy atom. The first-order chi connectivity index (χ1) is 10.2. The van der Waals surface area contributed by atoms with E-state index in [2.05, 4.69) is 57.1 Å². The van der Waals surface area contributed by atoms with Crippen molar-refractivity contribution in [1.82, 2.24) is 10.2 Å². The Morgan fingerprint density at radius 1 is 1.14 bits per heavy atom. The summed E-state index contributed by atoms with van der Waals surface area (Å²) in [6.45, 7) is 4.16. The van der Waals surface area contributed by atoms with Gasteiger partial charge in [0.25, 0.3) is 0 Å². The molecule has 114 valence electrons. The quantitative estimate of drug-likeness (QED) is 0.611. The summed E-state index contributed by atoms with van der Waals surface area (Å²) in [7, 11) is 0. The van der Waals surface area contributed by atoms with Gasteiger partial charge >= 0.3 is 0 Å². The molecule has 3 nitrogen and oxygen atoms in total. The summed E-state index contributed by atoms with van der Waals surface area (Å²) < 4.78 is 1.28. The van der Waals surface area contributed by atoms with E-state index in [1.807, 2.05) is 0 Å². The number of nitrogens with one attached hydrogen (secondary N) is 1. The van der Waals surface area contributed by atoms with Crippen LogP contribution in [0.3, 0.4) is 0 Å². The Labute approximate surface area is 140 Å². The number of likely N-dealkylation sites (tertiary alicyclic amines) is 1. The second kappa shape index (κ2) is 7.09. The molecule has 2 fully saturated rings. The first kappa shape index (κ1) is 15.3. The van der Waals surface area contributed by atoms with Crippen LogP contribution in [0.5, 0.6) is 0 Å². The molecule has 1 N–H and O–H groups in total. The summed E-state index contributed by atoms with van der Waals surface area (Å²) in [5.74, 6) is 1.79. The smallest absolute Gasteiger partial charge is 0.222 e. The first-order valence-corrected chi connectivity index (χ1v) is 9.03. The van der Waals surface area contributed by atoms with Crippen LogP contribution in [0.15, 0.2) is 24.3 Å². The van der Waals surface area contributed by atoms with Crippen LogP contribution in [0.2, 0.25) is 0 Å². The van der Waals surface area contributed by atoms with Gasteiger partial charge < -0.3 is 10.2 Å². The number of amides is 1. The minimum absolute atomic E-state index is 0.368. The molecule has 2 heterocycles. The third-order valence-electron chi connectivity index (χ3n) is 4.76. The van der Waals surface area contributed by atoms with Crippen LogP contribution in [0.1, 0.15) is 24.8 Å². The monoisotopic (exact) mass is 398 g/mol. The van der Waals surface area contributed by atoms with E-state index >= 15 is 0 Å². The molecule has 1 aromatic carbocycles. The van der Waals surface area contributed by atoms with E-state index in [1.54, 1.807) is 0 Å². The van der Waals surface area contributed by atoms with Crippen LogP contribution in [-0.4, -0.2) is 37.0 Å². The van der Waals surface area contributed by atoms with E-state index in [0.717, 1.165) is 51.9 Å². The predicted molar refractivity (Wildman–Crippen MR) is 93.1 cm³/mol. The van der Waals surface area contributed by atoms with Crippen molar-refractivity contribution in [2.75, 3.05) is 26.2 Å². The molecule has 2 saturated heterocycles. The normalized spacial score (nSPS) is 24.3. The molecular weight excluding hydrogens is 375 g/mol. The maximum atomic E-state index is 12.2. The highest BCUT2D eigenvalue weighted by Crippen LogP contribution is 2.26. The van der Waals surface area contributed by atoms with Crippen LogP contribution in [0.25, 0.3) is 0 Å². The zero-order valence-corrected chi connectivity index (χ0v) is 14.5. The molecule has 0 radical (unpaired) electrons. The van der Waals surface area contributed by atoms with Crippen molar-refractivity contribution in [2.24, 2.45) is 11.8 Å². The van der Waals surface area contributed by atoms with E-state index in [4.69, 9.17) is 0 Å². The lowest BCUT2D eigenvalue weighted by molar-refractivity contribution is -0.130. The van der Waals surface area contributed by atoms with E-state index in [9.17, 15) is 4.79 Å². The Hall–Kier alpha value is -0.620. The van der Waals surface area contributed by atoms with E-state index < -0.39 is 0 Å². The lowest BCUT2D eigenvalue weighted by Gasteiger charge is -2.17. The number of nitrogens with zero attached hydrogens (tertiary/aromatic N) is 1. The van der Waals surface area contributed by atoms with Gasteiger partial charge in [0.15, 0.2) is 0 Å². The Balaban J connectivity index is 1.35. The van der Waals surface area contributed by atoms with Gasteiger partial charge in [-0.2, -0.15) is 0 Å². The molecule has 0 spiro atoms. The number of hydrogen-bond acceptors (Lipinski definition) is 2. The number of carbonyl (C=O) groups is 1. The van der Waals surface area contributed by atoms with E-state index in [-0.39, 0.29) is 0 Å². The number of halogens is 1. The standard InChI is InChI=1S/C17H23IN2O/c18-16-7-5-13(6-8-16)3-1-2-4-17(21)20-11-14-9-19-10-15(14)12-20/h5-8,14-15,19H,1-4,9-12H2/t14-,15+. The number of carbonyl (C=O) groups excluding carboxylic acids is 1. The lowest BCUT2D eigenvalue weighted by Crippen LogP contribution is -2.31. The Morgan fingerprint density at radius 2 is 1.81 bits per heavy atom. The minimum Gasteiger partial charge on any atom is -0.342 e. The van der Waals surface area contributed by atoms with Gasteiger partial charge in [-0.15, -0.1) is 0 Å². The zero-order chi connectivity index (χ0) is 14.7. The van der Waals surface area contributed by atoms with Crippen molar-refractivity contribution in [2.45, 2.75) is 25.7 Å². The van der Waals surface area contributed by atoms with Gasteiger partial charge in [-0.05, 0) is 71.4 Å². The third kappa shape index (κ3) is 3.97. The maximum absolute atomic E-state index is 12.2. The topological polar surface area (TPSA) is 32.3 Å². The summed E-state index contributed by atoms with van der Waals surface area (Å²) in [6, 6.07) is 8.69. The van der Waals surface area contributed by atoms with Gasteiger partial charge in [0.1, 0.15) is 0 Å². The van der Waals surface area contributed by atoms with Crippen LogP contribution in [0, 0.1) is 15.4 Å². The largest absolute Gasteiger partial charge is 0.342 e. The van der Waals surface area contributed by atoms with Gasteiger partial charge in [0, 0.05) is 36.2 Å². The molecule has 3 rings (SSSR count). The molecule has 1 aromatic rings. The van der Waals surface area contributed by atoms with Gasteiger partial charge in [0.2, 0.25) is 5.91 Å². The second-order valence-corrected chi connectivity index (χ2v) is 7.56. The molecule has 4 heteroatoms. The fourth-order valence-electron chi connectivity index (χ4n) is 3.47. The Kier molecular flexibility index (Phi) is 5.16. The average molecular weight is 398 g/mol. The number of unbranched alkanes of at least 4 members (excludes halogenated alkanes) is 1. The summed E-state index contributed by atoms with van der Waals surface area (Å²) in [5, 5.41) is 3.42. The third-order valence-corrected chi connectivity index (χ3v) is 5.48. The van der Waals surface area contributed by atoms with Gasteiger partial charge in [-0.1, -0.05) is 12.1 Å². The summed E-state index contributed by atoms with van der Waals surface area (Å²) in [5.41, 5.74) is 1.38. The zero-order valence-electron chi connectivity index (χ0n) is 12.4. The van der Waals surface area contributed by atoms with Gasteiger partial charge in [-0.25, -0.2) is 0 Å². The number of hydrogen-bond donors (Lipinski definition) is 1. The SMILES string of the molecule is O=C(CCCCc1ccc(I)cc1)N1C[C@H]2CNC[C@H]2C1. The Bertz CT molecular complexity index is 476. The van der Waals surface area contributed by atoms with Gasteiger partial charge in [-0.3, -0.25) is 4.79 Å². The molecule has 0 unspecified atom stereocenters. The molecule has 1 amide bonds. The molecule has 0 saturated carbocycles. The highest BCUT2D eigenvalue weighted by Gasteiger charge is 2.37. The van der Waals surface area contributed by atoms with Gasteiger partial charge in [0.05, 0.1) is 0 Å².